The van der Waals surface area contributed by atoms with E-state index in [9.17, 15) is 4.79 Å². The first-order valence-corrected chi connectivity index (χ1v) is 8.70. The molecule has 1 aliphatic heterocycles. The van der Waals surface area contributed by atoms with Gasteiger partial charge in [-0.1, -0.05) is 35.9 Å². The van der Waals surface area contributed by atoms with Gasteiger partial charge in [0.05, 0.1) is 18.9 Å². The lowest BCUT2D eigenvalue weighted by Gasteiger charge is -2.29. The smallest absolute Gasteiger partial charge is 0.240 e. The lowest BCUT2D eigenvalue weighted by atomic mass is 9.77. The summed E-state index contributed by atoms with van der Waals surface area (Å²) in [5, 5.41) is 6.42. The highest BCUT2D eigenvalue weighted by Gasteiger charge is 2.43. The van der Waals surface area contributed by atoms with E-state index in [0.29, 0.717) is 0 Å². The van der Waals surface area contributed by atoms with E-state index in [-0.39, 0.29) is 17.9 Å². The highest BCUT2D eigenvalue weighted by molar-refractivity contribution is 6.07. The van der Waals surface area contributed by atoms with Crippen LogP contribution in [0.25, 0.3) is 0 Å². The second-order valence-electron chi connectivity index (χ2n) is 6.87. The number of ether oxygens (including phenoxy) is 1. The Balaban J connectivity index is 1.80. The minimum absolute atomic E-state index is 0.0167. The van der Waals surface area contributed by atoms with Crippen LogP contribution in [0.1, 0.15) is 41.6 Å². The second kappa shape index (κ2) is 6.03. The molecular weight excluding hydrogens is 312 g/mol. The molecule has 0 saturated heterocycles. The molecule has 0 saturated carbocycles. The third-order valence-corrected chi connectivity index (χ3v) is 5.27. The number of hydrazone groups is 1. The number of methoxy groups -OCH3 is 1. The predicted octanol–water partition coefficient (Wildman–Crippen LogP) is 3.87. The predicted molar refractivity (Wildman–Crippen MR) is 97.8 cm³/mol. The van der Waals surface area contributed by atoms with Crippen molar-refractivity contribution in [2.24, 2.45) is 11.0 Å². The molecule has 128 valence electrons. The van der Waals surface area contributed by atoms with Gasteiger partial charge in [0.15, 0.2) is 0 Å². The normalized spacial score (nSPS) is 21.4. The van der Waals surface area contributed by atoms with E-state index in [1.54, 1.807) is 19.0 Å². The van der Waals surface area contributed by atoms with Crippen LogP contribution in [0.15, 0.2) is 47.6 Å². The van der Waals surface area contributed by atoms with Crippen LogP contribution in [0.4, 0.5) is 0 Å². The van der Waals surface area contributed by atoms with Crippen LogP contribution in [-0.4, -0.2) is 23.7 Å². The summed E-state index contributed by atoms with van der Waals surface area (Å²) in [6.45, 7) is 3.67. The summed E-state index contributed by atoms with van der Waals surface area (Å²) in [5.41, 5.74) is 5.79. The molecule has 1 aliphatic carbocycles. The standard InChI is InChI=1S/C21H22N2O2/c1-13-4-6-16(7-5-13)21-18-11-9-15-8-10-17(25-3)12-19(15)20(18)22-23(21)14(2)24/h4-8,10,12,18,21H,9,11H2,1-3H3/t18-,21-/m1/s1. The zero-order valence-electron chi connectivity index (χ0n) is 14.8. The van der Waals surface area contributed by atoms with E-state index in [4.69, 9.17) is 9.84 Å². The average Bonchev–Trinajstić information content (AvgIpc) is 3.02. The molecule has 0 spiro atoms. The van der Waals surface area contributed by atoms with Gasteiger partial charge >= 0.3 is 0 Å². The molecule has 0 N–H and O–H groups in total. The number of carbonyl (C=O) groups excluding carboxylic acids is 1. The minimum atomic E-state index is -0.0209. The molecule has 0 aromatic heterocycles. The Morgan fingerprint density at radius 1 is 1.20 bits per heavy atom. The maximum absolute atomic E-state index is 12.3. The molecule has 0 radical (unpaired) electrons. The van der Waals surface area contributed by atoms with E-state index in [1.165, 1.54) is 11.1 Å². The topological polar surface area (TPSA) is 41.9 Å². The van der Waals surface area contributed by atoms with Gasteiger partial charge in [0.2, 0.25) is 5.91 Å². The van der Waals surface area contributed by atoms with Crippen molar-refractivity contribution in [1.29, 1.82) is 0 Å². The molecular formula is C21H22N2O2. The summed E-state index contributed by atoms with van der Waals surface area (Å²) in [6, 6.07) is 14.6. The summed E-state index contributed by atoms with van der Waals surface area (Å²) < 4.78 is 5.39. The number of amides is 1. The molecule has 1 amide bonds. The van der Waals surface area contributed by atoms with Crippen LogP contribution >= 0.6 is 0 Å². The van der Waals surface area contributed by atoms with Gasteiger partial charge in [-0.3, -0.25) is 4.79 Å². The molecule has 0 bridgehead atoms. The Morgan fingerprint density at radius 2 is 1.96 bits per heavy atom. The molecule has 0 fully saturated rings. The molecule has 2 aromatic rings. The number of carbonyl (C=O) groups is 1. The van der Waals surface area contributed by atoms with Crippen molar-refractivity contribution in [3.63, 3.8) is 0 Å². The Labute approximate surface area is 148 Å². The highest BCUT2D eigenvalue weighted by Crippen LogP contribution is 2.43. The molecule has 25 heavy (non-hydrogen) atoms. The number of fused-ring (bicyclic) bond motifs is 3. The highest BCUT2D eigenvalue weighted by atomic mass is 16.5. The maximum atomic E-state index is 12.3. The number of benzene rings is 2. The summed E-state index contributed by atoms with van der Waals surface area (Å²) in [5.74, 6) is 1.04. The van der Waals surface area contributed by atoms with E-state index >= 15 is 0 Å². The fraction of sp³-hybridized carbons (Fsp3) is 0.333. The van der Waals surface area contributed by atoms with Gasteiger partial charge in [-0.2, -0.15) is 5.10 Å². The van der Waals surface area contributed by atoms with Gasteiger partial charge < -0.3 is 4.74 Å². The minimum Gasteiger partial charge on any atom is -0.497 e. The van der Waals surface area contributed by atoms with Gasteiger partial charge in [0.1, 0.15) is 5.75 Å². The zero-order valence-corrected chi connectivity index (χ0v) is 14.8. The Hall–Kier alpha value is -2.62. The van der Waals surface area contributed by atoms with Crippen molar-refractivity contribution >= 4 is 11.6 Å². The maximum Gasteiger partial charge on any atom is 0.240 e. The van der Waals surface area contributed by atoms with E-state index in [1.807, 2.05) is 6.07 Å². The van der Waals surface area contributed by atoms with Crippen molar-refractivity contribution < 1.29 is 9.53 Å². The van der Waals surface area contributed by atoms with Crippen LogP contribution in [0.5, 0.6) is 5.75 Å². The third kappa shape index (κ3) is 2.62. The lowest BCUT2D eigenvalue weighted by molar-refractivity contribution is -0.131. The first kappa shape index (κ1) is 15.9. The third-order valence-electron chi connectivity index (χ3n) is 5.27. The van der Waals surface area contributed by atoms with Crippen molar-refractivity contribution in [2.75, 3.05) is 7.11 Å². The van der Waals surface area contributed by atoms with Crippen LogP contribution in [0, 0.1) is 12.8 Å². The Bertz CT molecular complexity index is 855. The van der Waals surface area contributed by atoms with Crippen molar-refractivity contribution in [3.8, 4) is 5.75 Å². The van der Waals surface area contributed by atoms with Crippen LogP contribution in [0.3, 0.4) is 0 Å². The molecule has 1 heterocycles. The average molecular weight is 334 g/mol. The molecule has 4 rings (SSSR count). The second-order valence-corrected chi connectivity index (χ2v) is 6.87. The summed E-state index contributed by atoms with van der Waals surface area (Å²) >= 11 is 0. The summed E-state index contributed by atoms with van der Waals surface area (Å²) in [7, 11) is 1.68. The molecule has 0 unspecified atom stereocenters. The lowest BCUT2D eigenvalue weighted by Crippen LogP contribution is -2.31. The van der Waals surface area contributed by atoms with E-state index < -0.39 is 0 Å². The van der Waals surface area contributed by atoms with Crippen molar-refractivity contribution in [2.45, 2.75) is 32.7 Å². The molecule has 2 atom stereocenters. The fourth-order valence-corrected chi connectivity index (χ4v) is 3.97. The number of hydrogen-bond acceptors (Lipinski definition) is 3. The number of hydrogen-bond donors (Lipinski definition) is 0. The zero-order chi connectivity index (χ0) is 17.6. The quantitative estimate of drug-likeness (QED) is 0.836. The SMILES string of the molecule is COc1ccc2c(c1)C1=NN(C(C)=O)[C@H](c3ccc(C)cc3)[C@@H]1CC2. The number of nitrogens with zero attached hydrogens (tertiary/aromatic N) is 2. The van der Waals surface area contributed by atoms with Crippen molar-refractivity contribution in [3.05, 3.63) is 64.7 Å². The van der Waals surface area contributed by atoms with Gasteiger partial charge in [0, 0.05) is 18.4 Å². The monoisotopic (exact) mass is 334 g/mol. The van der Waals surface area contributed by atoms with Crippen molar-refractivity contribution in [1.82, 2.24) is 5.01 Å². The van der Waals surface area contributed by atoms with Gasteiger partial charge in [-0.15, -0.1) is 0 Å². The summed E-state index contributed by atoms with van der Waals surface area (Å²) in [4.78, 5) is 12.3. The van der Waals surface area contributed by atoms with E-state index in [2.05, 4.69) is 43.3 Å². The van der Waals surface area contributed by atoms with E-state index in [0.717, 1.165) is 35.4 Å². The summed E-state index contributed by atoms with van der Waals surface area (Å²) in [6.07, 6.45) is 2.00. The van der Waals surface area contributed by atoms with Gasteiger partial charge in [-0.25, -0.2) is 5.01 Å². The van der Waals surface area contributed by atoms with Crippen LogP contribution in [-0.2, 0) is 11.2 Å². The van der Waals surface area contributed by atoms with Gasteiger partial charge in [0.25, 0.3) is 0 Å². The van der Waals surface area contributed by atoms with Crippen LogP contribution in [0.2, 0.25) is 0 Å². The Morgan fingerprint density at radius 3 is 2.64 bits per heavy atom. The molecule has 2 aromatic carbocycles. The molecule has 2 aliphatic rings. The van der Waals surface area contributed by atoms with Crippen LogP contribution < -0.4 is 4.74 Å². The molecule has 4 nitrogen and oxygen atoms in total. The largest absolute Gasteiger partial charge is 0.497 e. The number of aryl methyl sites for hydroxylation is 2. The fourth-order valence-electron chi connectivity index (χ4n) is 3.97. The Kier molecular flexibility index (Phi) is 3.83. The first-order chi connectivity index (χ1) is 12.1. The van der Waals surface area contributed by atoms with Gasteiger partial charge in [-0.05, 0) is 43.0 Å². The number of rotatable bonds is 2. The molecule has 4 heteroatoms. The first-order valence-electron chi connectivity index (χ1n) is 8.70.